The van der Waals surface area contributed by atoms with E-state index in [1.807, 2.05) is 43.3 Å². The second-order valence-corrected chi connectivity index (χ2v) is 8.64. The van der Waals surface area contributed by atoms with Crippen LogP contribution in [0.15, 0.2) is 48.5 Å². The highest BCUT2D eigenvalue weighted by molar-refractivity contribution is 5.87. The van der Waals surface area contributed by atoms with Crippen LogP contribution >= 0.6 is 0 Å². The predicted octanol–water partition coefficient (Wildman–Crippen LogP) is 3.63. The van der Waals surface area contributed by atoms with Crippen LogP contribution in [0.1, 0.15) is 43.7 Å². The van der Waals surface area contributed by atoms with Gasteiger partial charge in [-0.2, -0.15) is 0 Å². The number of hydrogen-bond acceptors (Lipinski definition) is 4. The molecular weight excluding hydrogens is 408 g/mol. The molecule has 0 radical (unpaired) electrons. The molecule has 2 N–H and O–H groups in total. The van der Waals surface area contributed by atoms with E-state index in [-0.39, 0.29) is 25.0 Å². The van der Waals surface area contributed by atoms with E-state index in [1.165, 1.54) is 4.90 Å². The van der Waals surface area contributed by atoms with Gasteiger partial charge in [0.1, 0.15) is 12.6 Å². The number of benzene rings is 2. The van der Waals surface area contributed by atoms with Crippen molar-refractivity contribution >= 4 is 18.0 Å². The lowest BCUT2D eigenvalue weighted by atomic mass is 9.84. The van der Waals surface area contributed by atoms with Gasteiger partial charge in [0.2, 0.25) is 5.91 Å². The molecule has 0 aromatic heterocycles. The van der Waals surface area contributed by atoms with Crippen LogP contribution in [0.25, 0.3) is 11.1 Å². The minimum Gasteiger partial charge on any atom is -0.481 e. The third-order valence-electron chi connectivity index (χ3n) is 6.84. The quantitative estimate of drug-likeness (QED) is 0.721. The van der Waals surface area contributed by atoms with Crippen LogP contribution < -0.4 is 5.32 Å². The van der Waals surface area contributed by atoms with Gasteiger partial charge in [0.15, 0.2) is 0 Å². The van der Waals surface area contributed by atoms with Gasteiger partial charge in [0.05, 0.1) is 5.41 Å². The average molecular weight is 437 g/mol. The summed E-state index contributed by atoms with van der Waals surface area (Å²) in [6.07, 6.45) is 0.217. The number of nitrogens with one attached hydrogen (secondary N) is 1. The van der Waals surface area contributed by atoms with Crippen LogP contribution in [0, 0.1) is 5.41 Å². The number of nitrogens with zero attached hydrogens (tertiary/aromatic N) is 1. The van der Waals surface area contributed by atoms with Crippen LogP contribution in [0.2, 0.25) is 0 Å². The van der Waals surface area contributed by atoms with Crippen molar-refractivity contribution in [1.82, 2.24) is 10.2 Å². The molecule has 1 aliphatic carbocycles. The number of aliphatic carboxylic acids is 1. The van der Waals surface area contributed by atoms with Crippen molar-refractivity contribution in [1.29, 1.82) is 0 Å². The van der Waals surface area contributed by atoms with Gasteiger partial charge < -0.3 is 20.1 Å². The Hall–Kier alpha value is -3.35. The third kappa shape index (κ3) is 3.83. The lowest BCUT2D eigenvalue weighted by Gasteiger charge is -2.25. The number of fused-ring (bicyclic) bond motifs is 3. The van der Waals surface area contributed by atoms with Gasteiger partial charge >= 0.3 is 12.1 Å². The topological polar surface area (TPSA) is 95.9 Å². The highest BCUT2D eigenvalue weighted by Gasteiger charge is 2.45. The van der Waals surface area contributed by atoms with E-state index in [9.17, 15) is 19.5 Å². The maximum atomic E-state index is 12.8. The Labute approximate surface area is 187 Å². The van der Waals surface area contributed by atoms with Crippen molar-refractivity contribution in [3.8, 4) is 11.1 Å². The number of carboxylic acid groups (broad SMARTS) is 1. The Balaban J connectivity index is 1.36. The SMILES string of the molecule is CCC1(C(=O)O)CCN(C(=O)[C@@H](C)NC(=O)OCC2c3ccccc3-c3ccccc32)C1. The molecule has 32 heavy (non-hydrogen) atoms. The Morgan fingerprint density at radius 2 is 1.72 bits per heavy atom. The molecule has 0 saturated carbocycles. The fourth-order valence-corrected chi connectivity index (χ4v) is 4.83. The van der Waals surface area contributed by atoms with Crippen LogP contribution in [-0.2, 0) is 14.3 Å². The summed E-state index contributed by atoms with van der Waals surface area (Å²) in [6, 6.07) is 15.4. The first-order valence-corrected chi connectivity index (χ1v) is 11.0. The number of ether oxygens (including phenoxy) is 1. The predicted molar refractivity (Wildman–Crippen MR) is 119 cm³/mol. The second-order valence-electron chi connectivity index (χ2n) is 8.64. The smallest absolute Gasteiger partial charge is 0.407 e. The fourth-order valence-electron chi connectivity index (χ4n) is 4.83. The molecule has 1 aliphatic heterocycles. The number of rotatable bonds is 6. The van der Waals surface area contributed by atoms with E-state index in [0.717, 1.165) is 22.3 Å². The standard InChI is InChI=1S/C25H28N2O5/c1-3-25(23(29)30)12-13-27(15-25)22(28)16(2)26-24(31)32-14-21-19-10-6-4-8-17(19)18-9-5-7-11-20(18)21/h4-11,16,21H,3,12-15H2,1-2H3,(H,26,31)(H,29,30)/t16-,25?/m1/s1. The number of alkyl carbamates (subject to hydrolysis) is 1. The largest absolute Gasteiger partial charge is 0.481 e. The number of carbonyl (C=O) groups excluding carboxylic acids is 2. The molecule has 2 atom stereocenters. The molecule has 1 unspecified atom stereocenters. The summed E-state index contributed by atoms with van der Waals surface area (Å²) in [7, 11) is 0. The van der Waals surface area contributed by atoms with E-state index in [4.69, 9.17) is 4.74 Å². The van der Waals surface area contributed by atoms with Crippen molar-refractivity contribution in [2.45, 2.75) is 38.6 Å². The van der Waals surface area contributed by atoms with Crippen LogP contribution in [0.3, 0.4) is 0 Å². The molecule has 1 fully saturated rings. The molecule has 1 heterocycles. The summed E-state index contributed by atoms with van der Waals surface area (Å²) in [5.41, 5.74) is 3.62. The molecule has 0 bridgehead atoms. The monoisotopic (exact) mass is 436 g/mol. The lowest BCUT2D eigenvalue weighted by molar-refractivity contribution is -0.148. The van der Waals surface area contributed by atoms with Crippen LogP contribution in [0.5, 0.6) is 0 Å². The van der Waals surface area contributed by atoms with Crippen molar-refractivity contribution in [3.63, 3.8) is 0 Å². The summed E-state index contributed by atoms with van der Waals surface area (Å²) in [6.45, 7) is 4.11. The van der Waals surface area contributed by atoms with Gasteiger partial charge in [-0.25, -0.2) is 4.79 Å². The maximum absolute atomic E-state index is 12.8. The second kappa shape index (κ2) is 8.65. The Kier molecular flexibility index (Phi) is 5.91. The zero-order valence-electron chi connectivity index (χ0n) is 18.3. The Morgan fingerprint density at radius 1 is 1.12 bits per heavy atom. The van der Waals surface area contributed by atoms with E-state index < -0.39 is 23.5 Å². The maximum Gasteiger partial charge on any atom is 0.407 e. The van der Waals surface area contributed by atoms with E-state index in [2.05, 4.69) is 17.4 Å². The fraction of sp³-hybridized carbons (Fsp3) is 0.400. The number of carboxylic acids is 1. The molecule has 168 valence electrons. The number of amides is 2. The Morgan fingerprint density at radius 3 is 2.25 bits per heavy atom. The van der Waals surface area contributed by atoms with Crippen molar-refractivity contribution in [2.24, 2.45) is 5.41 Å². The van der Waals surface area contributed by atoms with E-state index in [0.29, 0.717) is 19.4 Å². The summed E-state index contributed by atoms with van der Waals surface area (Å²) in [5.74, 6) is -1.24. The van der Waals surface area contributed by atoms with Gasteiger partial charge in [-0.1, -0.05) is 55.5 Å². The summed E-state index contributed by atoms with van der Waals surface area (Å²) < 4.78 is 5.51. The van der Waals surface area contributed by atoms with Gasteiger partial charge in [0.25, 0.3) is 0 Å². The summed E-state index contributed by atoms with van der Waals surface area (Å²) in [5, 5.41) is 12.1. The molecule has 2 amide bonds. The highest BCUT2D eigenvalue weighted by Crippen LogP contribution is 2.44. The number of hydrogen-bond donors (Lipinski definition) is 2. The van der Waals surface area contributed by atoms with E-state index in [1.54, 1.807) is 6.92 Å². The van der Waals surface area contributed by atoms with Crippen molar-refractivity contribution in [2.75, 3.05) is 19.7 Å². The summed E-state index contributed by atoms with van der Waals surface area (Å²) >= 11 is 0. The summed E-state index contributed by atoms with van der Waals surface area (Å²) in [4.78, 5) is 38.4. The first-order chi connectivity index (χ1) is 15.4. The van der Waals surface area contributed by atoms with Crippen LogP contribution in [0.4, 0.5) is 4.79 Å². The molecule has 2 aromatic carbocycles. The molecule has 2 aromatic rings. The first kappa shape index (κ1) is 21.9. The average Bonchev–Trinajstić information content (AvgIpc) is 3.38. The molecular formula is C25H28N2O5. The molecule has 2 aliphatic rings. The van der Waals surface area contributed by atoms with Crippen molar-refractivity contribution in [3.05, 3.63) is 59.7 Å². The molecule has 4 rings (SSSR count). The van der Waals surface area contributed by atoms with Gasteiger partial charge in [-0.05, 0) is 42.0 Å². The molecule has 1 saturated heterocycles. The molecule has 7 nitrogen and oxygen atoms in total. The first-order valence-electron chi connectivity index (χ1n) is 11.0. The third-order valence-corrected chi connectivity index (χ3v) is 6.84. The Bertz CT molecular complexity index is 1010. The zero-order valence-corrected chi connectivity index (χ0v) is 18.3. The van der Waals surface area contributed by atoms with E-state index >= 15 is 0 Å². The minimum atomic E-state index is -0.904. The van der Waals surface area contributed by atoms with Crippen LogP contribution in [-0.4, -0.2) is 53.7 Å². The molecule has 0 spiro atoms. The molecule has 7 heteroatoms. The minimum absolute atomic E-state index is 0.0570. The van der Waals surface area contributed by atoms with Gasteiger partial charge in [0, 0.05) is 19.0 Å². The highest BCUT2D eigenvalue weighted by atomic mass is 16.5. The van der Waals surface area contributed by atoms with Crippen molar-refractivity contribution < 1.29 is 24.2 Å². The lowest BCUT2D eigenvalue weighted by Crippen LogP contribution is -2.47. The zero-order chi connectivity index (χ0) is 22.9. The number of likely N-dealkylation sites (tertiary alicyclic amines) is 1. The van der Waals surface area contributed by atoms with Gasteiger partial charge in [-0.3, -0.25) is 9.59 Å². The van der Waals surface area contributed by atoms with Gasteiger partial charge in [-0.15, -0.1) is 0 Å². The number of carbonyl (C=O) groups is 3. The normalized spacial score (nSPS) is 20.4.